The third-order valence-corrected chi connectivity index (χ3v) is 8.43. The molecule has 196 valence electrons. The van der Waals surface area contributed by atoms with Gasteiger partial charge in [0, 0.05) is 22.6 Å². The van der Waals surface area contributed by atoms with E-state index in [1.54, 1.807) is 0 Å². The number of sulfonamides is 1. The fraction of sp³-hybridized carbons (Fsp3) is 0.280. The van der Waals surface area contributed by atoms with E-state index in [0.29, 0.717) is 12.5 Å². The van der Waals surface area contributed by atoms with E-state index in [2.05, 4.69) is 23.6 Å². The van der Waals surface area contributed by atoms with Crippen molar-refractivity contribution in [2.75, 3.05) is 11.8 Å². The molecule has 1 aliphatic carbocycles. The number of anilines is 1. The Balaban J connectivity index is 1.63. The van der Waals surface area contributed by atoms with Crippen LogP contribution < -0.4 is 9.46 Å². The Hall–Kier alpha value is -3.38. The number of carbonyl (C=O) groups is 1. The van der Waals surface area contributed by atoms with Gasteiger partial charge in [0.1, 0.15) is 16.6 Å². The Morgan fingerprint density at radius 2 is 1.84 bits per heavy atom. The second-order valence-electron chi connectivity index (χ2n) is 9.32. The lowest BCUT2D eigenvalue weighted by molar-refractivity contribution is 0.0691. The summed E-state index contributed by atoms with van der Waals surface area (Å²) in [5.74, 6) is -5.14. The number of carboxylic acid groups (broad SMARTS) is 1. The minimum atomic E-state index is -4.41. The van der Waals surface area contributed by atoms with E-state index in [-0.39, 0.29) is 33.0 Å². The van der Waals surface area contributed by atoms with Gasteiger partial charge in [0.15, 0.2) is 16.7 Å². The van der Waals surface area contributed by atoms with Gasteiger partial charge in [0.05, 0.1) is 18.4 Å². The SMILES string of the molecule is COc1cc(C(=O)O)c(F)cc1NS(=O)(=O)c1csc(-c2ccc(C3=CCC(C)(C)CC3)c(F)c2F)n1. The molecule has 0 amide bonds. The van der Waals surface area contributed by atoms with Gasteiger partial charge in [-0.1, -0.05) is 26.0 Å². The highest BCUT2D eigenvalue weighted by atomic mass is 32.2. The van der Waals surface area contributed by atoms with Crippen molar-refractivity contribution in [2.24, 2.45) is 5.41 Å². The van der Waals surface area contributed by atoms with Gasteiger partial charge < -0.3 is 9.84 Å². The molecule has 0 radical (unpaired) electrons. The van der Waals surface area contributed by atoms with Crippen LogP contribution in [0.4, 0.5) is 18.9 Å². The topological polar surface area (TPSA) is 106 Å². The zero-order valence-electron chi connectivity index (χ0n) is 20.1. The van der Waals surface area contributed by atoms with Crippen LogP contribution in [0.2, 0.25) is 0 Å². The summed E-state index contributed by atoms with van der Waals surface area (Å²) in [5.41, 5.74) is -0.261. The third-order valence-electron chi connectivity index (χ3n) is 6.15. The summed E-state index contributed by atoms with van der Waals surface area (Å²) in [7, 11) is -3.26. The molecule has 1 heterocycles. The van der Waals surface area contributed by atoms with Gasteiger partial charge in [-0.3, -0.25) is 4.72 Å². The first-order chi connectivity index (χ1) is 17.3. The predicted molar refractivity (Wildman–Crippen MR) is 134 cm³/mol. The quantitative estimate of drug-likeness (QED) is 0.355. The van der Waals surface area contributed by atoms with E-state index in [0.717, 1.165) is 48.3 Å². The molecule has 0 fully saturated rings. The van der Waals surface area contributed by atoms with Crippen molar-refractivity contribution in [1.82, 2.24) is 4.98 Å². The van der Waals surface area contributed by atoms with Crippen molar-refractivity contribution in [3.05, 3.63) is 64.3 Å². The van der Waals surface area contributed by atoms with E-state index in [4.69, 9.17) is 9.84 Å². The molecule has 1 aromatic heterocycles. The number of allylic oxidation sites excluding steroid dienone is 2. The molecular formula is C25H23F3N2O5S2. The molecule has 0 saturated carbocycles. The van der Waals surface area contributed by atoms with E-state index in [1.165, 1.54) is 12.1 Å². The number of hydrogen-bond acceptors (Lipinski definition) is 6. The number of rotatable bonds is 7. The van der Waals surface area contributed by atoms with Crippen LogP contribution in [0.15, 0.2) is 40.7 Å². The number of hydrogen-bond donors (Lipinski definition) is 2. The molecule has 2 N–H and O–H groups in total. The number of thiazole rings is 1. The normalized spacial score (nSPS) is 15.2. The van der Waals surface area contributed by atoms with Crippen LogP contribution in [0.25, 0.3) is 16.1 Å². The zero-order chi connectivity index (χ0) is 27.1. The summed E-state index contributed by atoms with van der Waals surface area (Å²) < 4.78 is 77.0. The number of ether oxygens (including phenoxy) is 1. The van der Waals surface area contributed by atoms with Crippen molar-refractivity contribution < 1.29 is 36.2 Å². The van der Waals surface area contributed by atoms with Gasteiger partial charge in [-0.15, -0.1) is 11.3 Å². The van der Waals surface area contributed by atoms with Gasteiger partial charge in [-0.2, -0.15) is 8.42 Å². The Labute approximate surface area is 215 Å². The number of carboxylic acids is 1. The van der Waals surface area contributed by atoms with Crippen LogP contribution in [0.3, 0.4) is 0 Å². The summed E-state index contributed by atoms with van der Waals surface area (Å²) in [4.78, 5) is 15.1. The number of benzene rings is 2. The fourth-order valence-electron chi connectivity index (χ4n) is 3.95. The van der Waals surface area contributed by atoms with E-state index in [1.807, 2.05) is 6.08 Å². The number of aromatic nitrogens is 1. The number of methoxy groups -OCH3 is 1. The number of nitrogens with zero attached hydrogens (tertiary/aromatic N) is 1. The highest BCUT2D eigenvalue weighted by molar-refractivity contribution is 7.92. The average Bonchev–Trinajstić information content (AvgIpc) is 3.32. The van der Waals surface area contributed by atoms with Gasteiger partial charge in [-0.25, -0.2) is 22.9 Å². The number of aromatic carboxylic acids is 1. The molecule has 4 rings (SSSR count). The lowest BCUT2D eigenvalue weighted by atomic mass is 9.77. The first kappa shape index (κ1) is 26.7. The maximum absolute atomic E-state index is 15.0. The van der Waals surface area contributed by atoms with Crippen LogP contribution in [0, 0.1) is 22.9 Å². The average molecular weight is 553 g/mol. The predicted octanol–water partition coefficient (Wildman–Crippen LogP) is 6.33. The van der Waals surface area contributed by atoms with Crippen molar-refractivity contribution in [3.63, 3.8) is 0 Å². The van der Waals surface area contributed by atoms with Crippen molar-refractivity contribution in [1.29, 1.82) is 0 Å². The van der Waals surface area contributed by atoms with Crippen molar-refractivity contribution in [2.45, 2.75) is 38.1 Å². The van der Waals surface area contributed by atoms with Crippen LogP contribution in [0.5, 0.6) is 5.75 Å². The second kappa shape index (κ2) is 9.82. The summed E-state index contributed by atoms with van der Waals surface area (Å²) in [6, 6.07) is 4.33. The molecular weight excluding hydrogens is 529 g/mol. The minimum Gasteiger partial charge on any atom is -0.495 e. The molecule has 0 saturated heterocycles. The summed E-state index contributed by atoms with van der Waals surface area (Å²) in [5, 5.41) is 9.59. The summed E-state index contributed by atoms with van der Waals surface area (Å²) >= 11 is 0.789. The first-order valence-electron chi connectivity index (χ1n) is 11.1. The summed E-state index contributed by atoms with van der Waals surface area (Å²) in [6.45, 7) is 4.22. The van der Waals surface area contributed by atoms with Crippen LogP contribution in [0.1, 0.15) is 49.0 Å². The minimum absolute atomic E-state index is 0.0681. The molecule has 3 aromatic rings. The molecule has 2 aromatic carbocycles. The lowest BCUT2D eigenvalue weighted by Gasteiger charge is -2.29. The molecule has 0 spiro atoms. The summed E-state index contributed by atoms with van der Waals surface area (Å²) in [6.07, 6.45) is 4.13. The molecule has 0 unspecified atom stereocenters. The molecule has 37 heavy (non-hydrogen) atoms. The van der Waals surface area contributed by atoms with E-state index >= 15 is 8.78 Å². The lowest BCUT2D eigenvalue weighted by Crippen LogP contribution is -2.15. The van der Waals surface area contributed by atoms with Crippen LogP contribution in [-0.2, 0) is 10.0 Å². The monoisotopic (exact) mass is 552 g/mol. The van der Waals surface area contributed by atoms with E-state index < -0.39 is 44.0 Å². The largest absolute Gasteiger partial charge is 0.495 e. The highest BCUT2D eigenvalue weighted by Gasteiger charge is 2.27. The zero-order valence-corrected chi connectivity index (χ0v) is 21.7. The highest BCUT2D eigenvalue weighted by Crippen LogP contribution is 2.40. The van der Waals surface area contributed by atoms with Gasteiger partial charge >= 0.3 is 5.97 Å². The number of nitrogens with one attached hydrogen (secondary N) is 1. The van der Waals surface area contributed by atoms with Crippen LogP contribution >= 0.6 is 11.3 Å². The van der Waals surface area contributed by atoms with Crippen molar-refractivity contribution >= 4 is 38.6 Å². The Morgan fingerprint density at radius 3 is 2.46 bits per heavy atom. The molecule has 0 aliphatic heterocycles. The van der Waals surface area contributed by atoms with Gasteiger partial charge in [-0.05, 0) is 42.4 Å². The van der Waals surface area contributed by atoms with E-state index in [9.17, 15) is 17.6 Å². The maximum atomic E-state index is 15.0. The van der Waals surface area contributed by atoms with Crippen molar-refractivity contribution in [3.8, 4) is 16.3 Å². The Bertz CT molecular complexity index is 1530. The molecule has 0 atom stereocenters. The smallest absolute Gasteiger partial charge is 0.338 e. The van der Waals surface area contributed by atoms with Gasteiger partial charge in [0.2, 0.25) is 0 Å². The Morgan fingerprint density at radius 1 is 1.16 bits per heavy atom. The second-order valence-corrected chi connectivity index (χ2v) is 11.8. The maximum Gasteiger partial charge on any atom is 0.338 e. The molecule has 1 aliphatic rings. The number of halogens is 3. The van der Waals surface area contributed by atoms with Crippen LogP contribution in [-0.4, -0.2) is 31.6 Å². The third kappa shape index (κ3) is 5.35. The van der Waals surface area contributed by atoms with Gasteiger partial charge in [0.25, 0.3) is 10.0 Å². The standard InChI is InChI=1S/C25H23F3N2O5S2/c1-25(2)8-6-13(7-9-25)14-4-5-15(22(28)21(14)27)23-29-20(12-36-23)37(33,34)30-18-11-17(26)16(24(31)32)10-19(18)35-3/h4-6,10-12,30H,7-9H2,1-3H3,(H,31,32). The molecule has 12 heteroatoms. The molecule has 0 bridgehead atoms. The molecule has 7 nitrogen and oxygen atoms in total. The first-order valence-corrected chi connectivity index (χ1v) is 13.5. The fourth-order valence-corrected chi connectivity index (χ4v) is 6.13. The Kier molecular flexibility index (Phi) is 7.08.